The molecule has 0 radical (unpaired) electrons. The number of benzene rings is 1. The summed E-state index contributed by atoms with van der Waals surface area (Å²) >= 11 is 0. The highest BCUT2D eigenvalue weighted by Crippen LogP contribution is 2.31. The standard InChI is InChI=1S/C22H29NO3/c1-15(2)11-19(12-16(3)24)22-14-20(26-23-22)13-21(17(4)25-5)18-9-7-6-8-10-18/h6-10,14-15,19,21H,4,11-13H2,1-3,5H3. The van der Waals surface area contributed by atoms with Gasteiger partial charge < -0.3 is 14.1 Å². The number of hydrogen-bond donors (Lipinski definition) is 0. The third kappa shape index (κ3) is 5.58. The van der Waals surface area contributed by atoms with E-state index in [0.717, 1.165) is 23.4 Å². The van der Waals surface area contributed by atoms with E-state index in [4.69, 9.17) is 9.26 Å². The molecule has 0 N–H and O–H groups in total. The zero-order chi connectivity index (χ0) is 19.1. The number of allylic oxidation sites excluding steroid dienone is 1. The van der Waals surface area contributed by atoms with Crippen LogP contribution in [0, 0.1) is 5.92 Å². The van der Waals surface area contributed by atoms with Gasteiger partial charge in [-0.25, -0.2) is 0 Å². The van der Waals surface area contributed by atoms with Crippen LogP contribution < -0.4 is 0 Å². The van der Waals surface area contributed by atoms with E-state index in [0.29, 0.717) is 24.5 Å². The molecule has 0 saturated carbocycles. The molecule has 0 aliphatic rings. The monoisotopic (exact) mass is 355 g/mol. The maximum atomic E-state index is 11.6. The summed E-state index contributed by atoms with van der Waals surface area (Å²) < 4.78 is 11.0. The van der Waals surface area contributed by atoms with Crippen molar-refractivity contribution in [1.82, 2.24) is 5.16 Å². The Morgan fingerprint density at radius 3 is 2.54 bits per heavy atom. The molecule has 2 atom stereocenters. The second-order valence-electron chi connectivity index (χ2n) is 7.29. The molecule has 1 aromatic heterocycles. The number of aromatic nitrogens is 1. The quantitative estimate of drug-likeness (QED) is 0.545. The predicted molar refractivity (Wildman–Crippen MR) is 103 cm³/mol. The van der Waals surface area contributed by atoms with Crippen molar-refractivity contribution in [1.29, 1.82) is 0 Å². The number of rotatable bonds is 10. The van der Waals surface area contributed by atoms with Crippen LogP contribution in [0.2, 0.25) is 0 Å². The fourth-order valence-corrected chi connectivity index (χ4v) is 3.29. The van der Waals surface area contributed by atoms with Crippen LogP contribution in [0.5, 0.6) is 0 Å². The van der Waals surface area contributed by atoms with Gasteiger partial charge in [-0.3, -0.25) is 0 Å². The molecule has 2 rings (SSSR count). The van der Waals surface area contributed by atoms with E-state index in [1.54, 1.807) is 14.0 Å². The van der Waals surface area contributed by atoms with Crippen molar-refractivity contribution in [2.75, 3.05) is 7.11 Å². The number of Topliss-reactive ketones (excluding diaryl/α,β-unsaturated/α-hetero) is 1. The smallest absolute Gasteiger partial charge is 0.138 e. The number of ether oxygens (including phenoxy) is 1. The van der Waals surface area contributed by atoms with Crippen LogP contribution in [-0.2, 0) is 16.0 Å². The predicted octanol–water partition coefficient (Wildman–Crippen LogP) is 5.27. The molecule has 0 aliphatic heterocycles. The van der Waals surface area contributed by atoms with Crippen LogP contribution in [0.25, 0.3) is 0 Å². The minimum Gasteiger partial charge on any atom is -0.501 e. The van der Waals surface area contributed by atoms with Crippen molar-refractivity contribution in [2.24, 2.45) is 5.92 Å². The fourth-order valence-electron chi connectivity index (χ4n) is 3.29. The first-order valence-corrected chi connectivity index (χ1v) is 9.13. The number of nitrogens with zero attached hydrogens (tertiary/aromatic N) is 1. The molecule has 1 heterocycles. The molecule has 4 heteroatoms. The van der Waals surface area contributed by atoms with Crippen LogP contribution in [0.1, 0.15) is 62.5 Å². The first kappa shape index (κ1) is 20.0. The molecule has 0 bridgehead atoms. The van der Waals surface area contributed by atoms with Gasteiger partial charge in [0, 0.05) is 30.7 Å². The van der Waals surface area contributed by atoms with E-state index in [1.807, 2.05) is 24.3 Å². The van der Waals surface area contributed by atoms with Gasteiger partial charge in [-0.1, -0.05) is 55.9 Å². The zero-order valence-corrected chi connectivity index (χ0v) is 16.2. The van der Waals surface area contributed by atoms with Gasteiger partial charge in [-0.15, -0.1) is 0 Å². The summed E-state index contributed by atoms with van der Waals surface area (Å²) in [5, 5.41) is 4.26. The third-order valence-electron chi connectivity index (χ3n) is 4.54. The van der Waals surface area contributed by atoms with Crippen molar-refractivity contribution >= 4 is 5.78 Å². The molecular weight excluding hydrogens is 326 g/mol. The Hall–Kier alpha value is -2.36. The highest BCUT2D eigenvalue weighted by atomic mass is 16.5. The van der Waals surface area contributed by atoms with E-state index in [1.165, 1.54) is 0 Å². The minimum atomic E-state index is -0.00152. The molecule has 140 valence electrons. The number of carbonyl (C=O) groups excluding carboxylic acids is 1. The molecule has 1 aromatic carbocycles. The lowest BCUT2D eigenvalue weighted by Gasteiger charge is -2.17. The lowest BCUT2D eigenvalue weighted by Crippen LogP contribution is -2.08. The van der Waals surface area contributed by atoms with Gasteiger partial charge in [0.1, 0.15) is 11.5 Å². The summed E-state index contributed by atoms with van der Waals surface area (Å²) in [6.07, 6.45) is 2.04. The average Bonchev–Trinajstić information content (AvgIpc) is 3.07. The SMILES string of the molecule is C=C(OC)C(Cc1cc(C(CC(C)=O)CC(C)C)no1)c1ccccc1. The molecule has 2 unspecified atom stereocenters. The van der Waals surface area contributed by atoms with Crippen LogP contribution >= 0.6 is 0 Å². The van der Waals surface area contributed by atoms with Gasteiger partial charge in [0.2, 0.25) is 0 Å². The first-order chi connectivity index (χ1) is 12.4. The van der Waals surface area contributed by atoms with Crippen molar-refractivity contribution < 1.29 is 14.1 Å². The molecular formula is C22H29NO3. The van der Waals surface area contributed by atoms with Crippen molar-refractivity contribution in [3.63, 3.8) is 0 Å². The Balaban J connectivity index is 2.20. The van der Waals surface area contributed by atoms with Gasteiger partial charge in [-0.05, 0) is 24.8 Å². The normalized spacial score (nSPS) is 13.4. The second kappa shape index (κ2) is 9.37. The summed E-state index contributed by atoms with van der Waals surface area (Å²) in [6.45, 7) is 9.97. The van der Waals surface area contributed by atoms with Gasteiger partial charge in [-0.2, -0.15) is 0 Å². The van der Waals surface area contributed by atoms with Gasteiger partial charge >= 0.3 is 0 Å². The Bertz CT molecular complexity index is 718. The third-order valence-corrected chi connectivity index (χ3v) is 4.54. The fraction of sp³-hybridized carbons (Fsp3) is 0.455. The van der Waals surface area contributed by atoms with E-state index in [9.17, 15) is 4.79 Å². The van der Waals surface area contributed by atoms with E-state index in [2.05, 4.69) is 37.7 Å². The lowest BCUT2D eigenvalue weighted by atomic mass is 9.89. The van der Waals surface area contributed by atoms with Crippen molar-refractivity contribution in [3.8, 4) is 0 Å². The Labute approximate surface area is 156 Å². The molecule has 26 heavy (non-hydrogen) atoms. The minimum absolute atomic E-state index is 0.00152. The molecule has 4 nitrogen and oxygen atoms in total. The largest absolute Gasteiger partial charge is 0.501 e. The topological polar surface area (TPSA) is 52.3 Å². The van der Waals surface area contributed by atoms with E-state index in [-0.39, 0.29) is 17.6 Å². The van der Waals surface area contributed by atoms with Crippen LogP contribution in [0.3, 0.4) is 0 Å². The van der Waals surface area contributed by atoms with Crippen molar-refractivity contribution in [2.45, 2.75) is 51.9 Å². The van der Waals surface area contributed by atoms with Crippen LogP contribution in [-0.4, -0.2) is 18.0 Å². The van der Waals surface area contributed by atoms with E-state index < -0.39 is 0 Å². The molecule has 2 aromatic rings. The Kier molecular flexibility index (Phi) is 7.19. The van der Waals surface area contributed by atoms with Gasteiger partial charge in [0.05, 0.1) is 18.6 Å². The Morgan fingerprint density at radius 1 is 1.27 bits per heavy atom. The summed E-state index contributed by atoms with van der Waals surface area (Å²) in [7, 11) is 1.63. The zero-order valence-electron chi connectivity index (χ0n) is 16.2. The molecule has 0 amide bonds. The molecule has 0 fully saturated rings. The van der Waals surface area contributed by atoms with Crippen LogP contribution in [0.15, 0.2) is 53.3 Å². The lowest BCUT2D eigenvalue weighted by molar-refractivity contribution is -0.117. The molecule has 0 saturated heterocycles. The summed E-state index contributed by atoms with van der Waals surface area (Å²) in [6, 6.07) is 12.1. The first-order valence-electron chi connectivity index (χ1n) is 9.13. The van der Waals surface area contributed by atoms with Crippen LogP contribution in [0.4, 0.5) is 0 Å². The maximum absolute atomic E-state index is 11.6. The van der Waals surface area contributed by atoms with Gasteiger partial charge in [0.25, 0.3) is 0 Å². The number of carbonyl (C=O) groups is 1. The second-order valence-corrected chi connectivity index (χ2v) is 7.29. The van der Waals surface area contributed by atoms with Crippen molar-refractivity contribution in [3.05, 3.63) is 65.8 Å². The molecule has 0 aliphatic carbocycles. The van der Waals surface area contributed by atoms with Gasteiger partial charge in [0.15, 0.2) is 0 Å². The molecule has 0 spiro atoms. The average molecular weight is 355 g/mol. The number of ketones is 1. The summed E-state index contributed by atoms with van der Waals surface area (Å²) in [5.74, 6) is 2.24. The Morgan fingerprint density at radius 2 is 1.96 bits per heavy atom. The summed E-state index contributed by atoms with van der Waals surface area (Å²) in [4.78, 5) is 11.6. The number of hydrogen-bond acceptors (Lipinski definition) is 4. The van der Waals surface area contributed by atoms with E-state index >= 15 is 0 Å². The summed E-state index contributed by atoms with van der Waals surface area (Å²) in [5.41, 5.74) is 1.98. The maximum Gasteiger partial charge on any atom is 0.138 e. The number of methoxy groups -OCH3 is 1. The highest BCUT2D eigenvalue weighted by molar-refractivity contribution is 5.76. The highest BCUT2D eigenvalue weighted by Gasteiger charge is 2.23.